The van der Waals surface area contributed by atoms with Gasteiger partial charge in [0, 0.05) is 11.8 Å². The lowest BCUT2D eigenvalue weighted by Gasteiger charge is -2.18. The molecule has 1 atom stereocenters. The molecule has 1 unspecified atom stereocenters. The lowest BCUT2D eigenvalue weighted by atomic mass is 9.98. The number of nitrogens with zero attached hydrogens (tertiary/aromatic N) is 1. The average molecular weight is 286 g/mol. The predicted octanol–water partition coefficient (Wildman–Crippen LogP) is 3.23. The molecule has 0 saturated carbocycles. The summed E-state index contributed by atoms with van der Waals surface area (Å²) in [6, 6.07) is 7.61. The number of methoxy groups -OCH3 is 1. The standard InChI is InChI=1S/C17H22N2O2/c1-11(2)21-14-8-13(9-19-10-14)17(18)15-7-12(3)5-6-16(15)20-4/h5-11,17H,18H2,1-4H3. The second-order valence-corrected chi connectivity index (χ2v) is 5.34. The highest BCUT2D eigenvalue weighted by Gasteiger charge is 2.15. The molecule has 0 bridgehead atoms. The van der Waals surface area contributed by atoms with Crippen LogP contribution >= 0.6 is 0 Å². The van der Waals surface area contributed by atoms with Crippen LogP contribution in [0.15, 0.2) is 36.7 Å². The summed E-state index contributed by atoms with van der Waals surface area (Å²) in [7, 11) is 1.65. The fraction of sp³-hybridized carbons (Fsp3) is 0.353. The molecule has 112 valence electrons. The predicted molar refractivity (Wildman–Crippen MR) is 83.8 cm³/mol. The second kappa shape index (κ2) is 6.59. The van der Waals surface area contributed by atoms with Gasteiger partial charge in [-0.1, -0.05) is 17.7 Å². The quantitative estimate of drug-likeness (QED) is 0.916. The van der Waals surface area contributed by atoms with Gasteiger partial charge in [0.2, 0.25) is 0 Å². The van der Waals surface area contributed by atoms with E-state index in [0.717, 1.165) is 28.2 Å². The third-order valence-corrected chi connectivity index (χ3v) is 3.19. The van der Waals surface area contributed by atoms with E-state index in [1.165, 1.54) is 0 Å². The van der Waals surface area contributed by atoms with Crippen molar-refractivity contribution >= 4 is 0 Å². The maximum Gasteiger partial charge on any atom is 0.138 e. The molecule has 0 amide bonds. The molecule has 0 fully saturated rings. The van der Waals surface area contributed by atoms with E-state index in [0.29, 0.717) is 0 Å². The zero-order chi connectivity index (χ0) is 15.4. The van der Waals surface area contributed by atoms with Crippen molar-refractivity contribution < 1.29 is 9.47 Å². The summed E-state index contributed by atoms with van der Waals surface area (Å²) in [5.41, 5.74) is 9.37. The van der Waals surface area contributed by atoms with Gasteiger partial charge < -0.3 is 15.2 Å². The minimum atomic E-state index is -0.303. The minimum absolute atomic E-state index is 0.104. The number of benzene rings is 1. The van der Waals surface area contributed by atoms with Crippen molar-refractivity contribution in [1.82, 2.24) is 4.98 Å². The molecule has 0 aliphatic heterocycles. The Morgan fingerprint density at radius 2 is 1.90 bits per heavy atom. The van der Waals surface area contributed by atoms with Crippen LogP contribution in [0.1, 0.15) is 36.6 Å². The fourth-order valence-corrected chi connectivity index (χ4v) is 2.22. The molecule has 1 heterocycles. The van der Waals surface area contributed by atoms with Crippen molar-refractivity contribution in [3.8, 4) is 11.5 Å². The van der Waals surface area contributed by atoms with Gasteiger partial charge in [-0.3, -0.25) is 4.98 Å². The van der Waals surface area contributed by atoms with E-state index in [1.54, 1.807) is 19.5 Å². The Bertz CT molecular complexity index is 611. The highest BCUT2D eigenvalue weighted by atomic mass is 16.5. The smallest absolute Gasteiger partial charge is 0.138 e. The van der Waals surface area contributed by atoms with Gasteiger partial charge in [-0.2, -0.15) is 0 Å². The van der Waals surface area contributed by atoms with Crippen LogP contribution in [-0.4, -0.2) is 18.2 Å². The first kappa shape index (κ1) is 15.3. The first-order valence-corrected chi connectivity index (χ1v) is 7.03. The largest absolute Gasteiger partial charge is 0.496 e. The maximum atomic E-state index is 6.39. The van der Waals surface area contributed by atoms with E-state index in [2.05, 4.69) is 4.98 Å². The third-order valence-electron chi connectivity index (χ3n) is 3.19. The third kappa shape index (κ3) is 3.73. The maximum absolute atomic E-state index is 6.39. The zero-order valence-corrected chi connectivity index (χ0v) is 13.0. The van der Waals surface area contributed by atoms with Gasteiger partial charge in [-0.25, -0.2) is 0 Å². The van der Waals surface area contributed by atoms with Crippen LogP contribution in [0.5, 0.6) is 11.5 Å². The lowest BCUT2D eigenvalue weighted by Crippen LogP contribution is -2.14. The Morgan fingerprint density at radius 3 is 2.57 bits per heavy atom. The van der Waals surface area contributed by atoms with Gasteiger partial charge in [-0.15, -0.1) is 0 Å². The molecule has 0 aliphatic rings. The molecule has 2 N–H and O–H groups in total. The summed E-state index contributed by atoms with van der Waals surface area (Å²) >= 11 is 0. The van der Waals surface area contributed by atoms with Crippen LogP contribution < -0.4 is 15.2 Å². The number of aromatic nitrogens is 1. The van der Waals surface area contributed by atoms with Crippen molar-refractivity contribution in [2.24, 2.45) is 5.73 Å². The molecule has 21 heavy (non-hydrogen) atoms. The van der Waals surface area contributed by atoms with Gasteiger partial charge in [0.05, 0.1) is 25.5 Å². The highest BCUT2D eigenvalue weighted by Crippen LogP contribution is 2.30. The van der Waals surface area contributed by atoms with E-state index in [1.807, 2.05) is 45.0 Å². The van der Waals surface area contributed by atoms with E-state index < -0.39 is 0 Å². The molecule has 2 aromatic rings. The van der Waals surface area contributed by atoms with Crippen molar-refractivity contribution in [3.05, 3.63) is 53.3 Å². The first-order valence-electron chi connectivity index (χ1n) is 7.03. The summed E-state index contributed by atoms with van der Waals surface area (Å²) < 4.78 is 11.1. The van der Waals surface area contributed by atoms with Gasteiger partial charge >= 0.3 is 0 Å². The summed E-state index contributed by atoms with van der Waals surface area (Å²) in [6.45, 7) is 6.00. The van der Waals surface area contributed by atoms with E-state index in [4.69, 9.17) is 15.2 Å². The number of hydrogen-bond acceptors (Lipinski definition) is 4. The SMILES string of the molecule is COc1ccc(C)cc1C(N)c1cncc(OC(C)C)c1. The molecule has 2 rings (SSSR count). The minimum Gasteiger partial charge on any atom is -0.496 e. The van der Waals surface area contributed by atoms with Crippen LogP contribution in [0.2, 0.25) is 0 Å². The molecule has 0 aliphatic carbocycles. The number of pyridine rings is 1. The summed E-state index contributed by atoms with van der Waals surface area (Å²) in [5.74, 6) is 1.51. The molecule has 0 saturated heterocycles. The Morgan fingerprint density at radius 1 is 1.14 bits per heavy atom. The summed E-state index contributed by atoms with van der Waals surface area (Å²) in [4.78, 5) is 4.22. The molecule has 1 aromatic carbocycles. The van der Waals surface area contributed by atoms with Crippen molar-refractivity contribution in [1.29, 1.82) is 0 Å². The first-order chi connectivity index (χ1) is 10.0. The fourth-order valence-electron chi connectivity index (χ4n) is 2.22. The lowest BCUT2D eigenvalue weighted by molar-refractivity contribution is 0.241. The van der Waals surface area contributed by atoms with Crippen molar-refractivity contribution in [2.75, 3.05) is 7.11 Å². The van der Waals surface area contributed by atoms with Crippen molar-refractivity contribution in [3.63, 3.8) is 0 Å². The van der Waals surface area contributed by atoms with Crippen LogP contribution in [0, 0.1) is 6.92 Å². The monoisotopic (exact) mass is 286 g/mol. The van der Waals surface area contributed by atoms with Crippen molar-refractivity contribution in [2.45, 2.75) is 32.9 Å². The number of ether oxygens (including phenoxy) is 2. The van der Waals surface area contributed by atoms with E-state index in [9.17, 15) is 0 Å². The Hall–Kier alpha value is -2.07. The van der Waals surface area contributed by atoms with Gasteiger partial charge in [0.1, 0.15) is 11.5 Å². The number of aryl methyl sites for hydroxylation is 1. The number of rotatable bonds is 5. The van der Waals surface area contributed by atoms with Crippen LogP contribution in [0.4, 0.5) is 0 Å². The molecule has 4 nitrogen and oxygen atoms in total. The van der Waals surface area contributed by atoms with Crippen LogP contribution in [-0.2, 0) is 0 Å². The molecular formula is C17H22N2O2. The Labute approximate surface area is 125 Å². The van der Waals surface area contributed by atoms with Gasteiger partial charge in [-0.05, 0) is 38.5 Å². The zero-order valence-electron chi connectivity index (χ0n) is 13.0. The Kier molecular flexibility index (Phi) is 4.81. The normalized spacial score (nSPS) is 12.3. The van der Waals surface area contributed by atoms with Gasteiger partial charge in [0.25, 0.3) is 0 Å². The number of hydrogen-bond donors (Lipinski definition) is 1. The second-order valence-electron chi connectivity index (χ2n) is 5.34. The number of nitrogens with two attached hydrogens (primary N) is 1. The molecule has 4 heteroatoms. The molecule has 0 spiro atoms. The summed E-state index contributed by atoms with van der Waals surface area (Å²) in [5, 5.41) is 0. The molecule has 0 radical (unpaired) electrons. The van der Waals surface area contributed by atoms with E-state index >= 15 is 0 Å². The molecule has 1 aromatic heterocycles. The summed E-state index contributed by atoms with van der Waals surface area (Å²) in [6.07, 6.45) is 3.57. The van der Waals surface area contributed by atoms with Gasteiger partial charge in [0.15, 0.2) is 0 Å². The molecular weight excluding hydrogens is 264 g/mol. The van der Waals surface area contributed by atoms with Crippen LogP contribution in [0.25, 0.3) is 0 Å². The van der Waals surface area contributed by atoms with E-state index in [-0.39, 0.29) is 12.1 Å². The average Bonchev–Trinajstić information content (AvgIpc) is 2.46. The van der Waals surface area contributed by atoms with Crippen LogP contribution in [0.3, 0.4) is 0 Å². The highest BCUT2D eigenvalue weighted by molar-refractivity contribution is 5.44. The topological polar surface area (TPSA) is 57.4 Å². The Balaban J connectivity index is 2.35.